The zero-order valence-corrected chi connectivity index (χ0v) is 13.9. The lowest BCUT2D eigenvalue weighted by atomic mass is 9.96. The van der Waals surface area contributed by atoms with Gasteiger partial charge in [0.2, 0.25) is 0 Å². The van der Waals surface area contributed by atoms with E-state index in [0.29, 0.717) is 11.1 Å². The number of hydrogen-bond acceptors (Lipinski definition) is 2. The topological polar surface area (TPSA) is 30.0 Å². The predicted octanol–water partition coefficient (Wildman–Crippen LogP) is 5.44. The van der Waals surface area contributed by atoms with Crippen LogP contribution in [-0.4, -0.2) is 10.8 Å². The summed E-state index contributed by atoms with van der Waals surface area (Å²) in [6, 6.07) is 27.3. The molecule has 0 aliphatic heterocycles. The Morgan fingerprint density at radius 1 is 0.800 bits per heavy atom. The molecule has 3 aromatic carbocycles. The number of rotatable bonds is 3. The molecular weight excluding hydrogens is 306 g/mol. The van der Waals surface area contributed by atoms with Gasteiger partial charge in [0.25, 0.3) is 0 Å². The maximum atomic E-state index is 13.1. The molecule has 0 aliphatic rings. The van der Waals surface area contributed by atoms with Gasteiger partial charge in [0.15, 0.2) is 5.78 Å². The van der Waals surface area contributed by atoms with E-state index in [0.717, 1.165) is 27.7 Å². The Bertz CT molecular complexity index is 1050. The second-order valence-corrected chi connectivity index (χ2v) is 6.14. The molecular formula is C23H17NO. The Balaban J connectivity index is 1.98. The van der Waals surface area contributed by atoms with E-state index in [1.165, 1.54) is 0 Å². The summed E-state index contributed by atoms with van der Waals surface area (Å²) in [5.74, 6) is -0.00430. The lowest BCUT2D eigenvalue weighted by molar-refractivity contribution is 0.103. The minimum Gasteiger partial charge on any atom is -0.289 e. The number of aryl methyl sites for hydroxylation is 1. The summed E-state index contributed by atoms with van der Waals surface area (Å²) < 4.78 is 0. The van der Waals surface area contributed by atoms with Gasteiger partial charge in [-0.3, -0.25) is 4.79 Å². The smallest absolute Gasteiger partial charge is 0.195 e. The zero-order chi connectivity index (χ0) is 17.2. The van der Waals surface area contributed by atoms with Crippen LogP contribution < -0.4 is 0 Å². The maximum Gasteiger partial charge on any atom is 0.195 e. The van der Waals surface area contributed by atoms with Crippen molar-refractivity contribution < 1.29 is 4.79 Å². The normalized spacial score (nSPS) is 10.8. The quantitative estimate of drug-likeness (QED) is 0.470. The predicted molar refractivity (Wildman–Crippen MR) is 102 cm³/mol. The molecule has 0 N–H and O–H groups in total. The van der Waals surface area contributed by atoms with Gasteiger partial charge in [-0.2, -0.15) is 0 Å². The number of ketones is 1. The van der Waals surface area contributed by atoms with Crippen LogP contribution in [0.25, 0.3) is 22.2 Å². The molecule has 0 atom stereocenters. The Kier molecular flexibility index (Phi) is 3.87. The van der Waals surface area contributed by atoms with Crippen LogP contribution in [0.4, 0.5) is 0 Å². The van der Waals surface area contributed by atoms with Crippen molar-refractivity contribution in [3.63, 3.8) is 0 Å². The number of pyridine rings is 1. The number of benzene rings is 3. The molecule has 0 spiro atoms. The second kappa shape index (κ2) is 6.33. The first-order chi connectivity index (χ1) is 12.2. The van der Waals surface area contributed by atoms with E-state index in [1.54, 1.807) is 0 Å². The van der Waals surface area contributed by atoms with Crippen molar-refractivity contribution in [2.24, 2.45) is 0 Å². The first-order valence-electron chi connectivity index (χ1n) is 8.29. The lowest BCUT2D eigenvalue weighted by Gasteiger charge is -2.11. The molecule has 4 aromatic rings. The highest BCUT2D eigenvalue weighted by molar-refractivity contribution is 6.13. The molecule has 0 saturated carbocycles. The van der Waals surface area contributed by atoms with E-state index in [-0.39, 0.29) is 5.78 Å². The van der Waals surface area contributed by atoms with Gasteiger partial charge in [-0.05, 0) is 25.1 Å². The summed E-state index contributed by atoms with van der Waals surface area (Å²) in [4.78, 5) is 17.9. The molecule has 4 rings (SSSR count). The zero-order valence-electron chi connectivity index (χ0n) is 13.9. The molecule has 0 unspecified atom stereocenters. The summed E-state index contributed by atoms with van der Waals surface area (Å²) in [6.45, 7) is 2.04. The Morgan fingerprint density at radius 3 is 2.20 bits per heavy atom. The van der Waals surface area contributed by atoms with Crippen molar-refractivity contribution in [1.82, 2.24) is 4.98 Å². The van der Waals surface area contributed by atoms with Gasteiger partial charge < -0.3 is 0 Å². The minimum absolute atomic E-state index is 0.00430. The summed E-state index contributed by atoms with van der Waals surface area (Å²) >= 11 is 0. The van der Waals surface area contributed by atoms with Gasteiger partial charge in [-0.25, -0.2) is 4.98 Å². The molecule has 0 amide bonds. The molecule has 0 fully saturated rings. The third-order valence-electron chi connectivity index (χ3n) is 4.30. The number of nitrogens with zero attached hydrogens (tertiary/aromatic N) is 1. The number of carbonyl (C=O) groups excluding carboxylic acids is 1. The fraction of sp³-hybridized carbons (Fsp3) is 0.0435. The second-order valence-electron chi connectivity index (χ2n) is 6.14. The first-order valence-corrected chi connectivity index (χ1v) is 8.29. The largest absolute Gasteiger partial charge is 0.289 e. The Hall–Kier alpha value is -3.26. The number of carbonyl (C=O) groups is 1. The fourth-order valence-electron chi connectivity index (χ4n) is 3.03. The molecule has 0 radical (unpaired) electrons. The van der Waals surface area contributed by atoms with Crippen LogP contribution in [0, 0.1) is 6.92 Å². The van der Waals surface area contributed by atoms with Crippen molar-refractivity contribution in [1.29, 1.82) is 0 Å². The van der Waals surface area contributed by atoms with Crippen LogP contribution in [0.15, 0.2) is 84.9 Å². The van der Waals surface area contributed by atoms with Crippen molar-refractivity contribution in [3.05, 3.63) is 102 Å². The van der Waals surface area contributed by atoms with E-state index >= 15 is 0 Å². The van der Waals surface area contributed by atoms with E-state index in [9.17, 15) is 4.79 Å². The third kappa shape index (κ3) is 2.94. The van der Waals surface area contributed by atoms with Crippen LogP contribution in [0.1, 0.15) is 21.5 Å². The van der Waals surface area contributed by atoms with E-state index < -0.39 is 0 Å². The summed E-state index contributed by atoms with van der Waals surface area (Å²) in [5, 5.41) is 0.985. The molecule has 2 nitrogen and oxygen atoms in total. The molecule has 1 heterocycles. The molecule has 2 heteroatoms. The Morgan fingerprint density at radius 2 is 1.48 bits per heavy atom. The number of aromatic nitrogens is 1. The van der Waals surface area contributed by atoms with Gasteiger partial charge in [-0.15, -0.1) is 0 Å². The van der Waals surface area contributed by atoms with Crippen LogP contribution in [0.5, 0.6) is 0 Å². The lowest BCUT2D eigenvalue weighted by Crippen LogP contribution is -2.05. The van der Waals surface area contributed by atoms with E-state index in [1.807, 2.05) is 85.8 Å². The van der Waals surface area contributed by atoms with Crippen molar-refractivity contribution in [2.45, 2.75) is 6.92 Å². The summed E-state index contributed by atoms with van der Waals surface area (Å²) in [5.41, 5.74) is 5.04. The van der Waals surface area contributed by atoms with Crippen molar-refractivity contribution >= 4 is 16.7 Å². The van der Waals surface area contributed by atoms with E-state index in [4.69, 9.17) is 4.98 Å². The minimum atomic E-state index is -0.00430. The van der Waals surface area contributed by atoms with Gasteiger partial charge in [0, 0.05) is 22.1 Å². The van der Waals surface area contributed by atoms with Crippen molar-refractivity contribution in [2.75, 3.05) is 0 Å². The maximum absolute atomic E-state index is 13.1. The van der Waals surface area contributed by atoms with Gasteiger partial charge in [-0.1, -0.05) is 72.3 Å². The molecule has 0 saturated heterocycles. The molecule has 0 aliphatic carbocycles. The highest BCUT2D eigenvalue weighted by atomic mass is 16.1. The average molecular weight is 323 g/mol. The van der Waals surface area contributed by atoms with Gasteiger partial charge in [0.05, 0.1) is 11.2 Å². The highest BCUT2D eigenvalue weighted by Gasteiger charge is 2.17. The third-order valence-corrected chi connectivity index (χ3v) is 4.30. The van der Waals surface area contributed by atoms with Crippen LogP contribution in [-0.2, 0) is 0 Å². The van der Waals surface area contributed by atoms with Gasteiger partial charge in [0.1, 0.15) is 0 Å². The average Bonchev–Trinajstić information content (AvgIpc) is 2.67. The van der Waals surface area contributed by atoms with Crippen LogP contribution in [0.2, 0.25) is 0 Å². The summed E-state index contributed by atoms with van der Waals surface area (Å²) in [7, 11) is 0. The first kappa shape index (κ1) is 15.3. The Labute approximate surface area is 146 Å². The molecule has 0 bridgehead atoms. The SMILES string of the molecule is Cc1ccc2nc(-c3ccccc3)c(C(=O)c3ccccc3)cc2c1. The van der Waals surface area contributed by atoms with Crippen molar-refractivity contribution in [3.8, 4) is 11.3 Å². The monoisotopic (exact) mass is 323 g/mol. The van der Waals surface area contributed by atoms with E-state index in [2.05, 4.69) is 6.07 Å². The standard InChI is InChI=1S/C23H17NO/c1-16-12-13-21-19(14-16)15-20(23(25)18-10-6-3-7-11-18)22(24-21)17-8-4-2-5-9-17/h2-15H,1H3. The molecule has 120 valence electrons. The van der Waals surface area contributed by atoms with Crippen LogP contribution >= 0.6 is 0 Å². The highest BCUT2D eigenvalue weighted by Crippen LogP contribution is 2.28. The summed E-state index contributed by atoms with van der Waals surface area (Å²) in [6.07, 6.45) is 0. The fourth-order valence-corrected chi connectivity index (χ4v) is 3.03. The van der Waals surface area contributed by atoms with Gasteiger partial charge >= 0.3 is 0 Å². The molecule has 1 aromatic heterocycles. The molecule has 25 heavy (non-hydrogen) atoms. The number of fused-ring (bicyclic) bond motifs is 1. The number of hydrogen-bond donors (Lipinski definition) is 0. The van der Waals surface area contributed by atoms with Crippen LogP contribution in [0.3, 0.4) is 0 Å².